The average Bonchev–Trinajstić information content (AvgIpc) is 2.34. The lowest BCUT2D eigenvalue weighted by atomic mass is 10.2. The van der Waals surface area contributed by atoms with Crippen LogP contribution in [0.5, 0.6) is 0 Å². The first-order valence-electron chi connectivity index (χ1n) is 4.97. The summed E-state index contributed by atoms with van der Waals surface area (Å²) in [6, 6.07) is 6.82. The molecule has 2 aromatic rings. The fourth-order valence-corrected chi connectivity index (χ4v) is 1.93. The van der Waals surface area contributed by atoms with E-state index in [0.29, 0.717) is 16.4 Å². The van der Waals surface area contributed by atoms with E-state index in [2.05, 4.69) is 26.2 Å². The molecule has 0 aliphatic rings. The van der Waals surface area contributed by atoms with Gasteiger partial charge in [-0.25, -0.2) is 4.79 Å². The zero-order valence-corrected chi connectivity index (χ0v) is 11.4. The minimum atomic E-state index is -1.04. The van der Waals surface area contributed by atoms with Gasteiger partial charge in [0.2, 0.25) is 0 Å². The predicted molar refractivity (Wildman–Crippen MR) is 73.6 cm³/mol. The molecule has 4 nitrogen and oxygen atoms in total. The molecular weight excluding hydrogens is 320 g/mol. The highest BCUT2D eigenvalue weighted by Gasteiger charge is 2.11. The van der Waals surface area contributed by atoms with E-state index in [-0.39, 0.29) is 5.56 Å². The normalized spacial score (nSPS) is 10.1. The van der Waals surface area contributed by atoms with Gasteiger partial charge in [-0.15, -0.1) is 0 Å². The van der Waals surface area contributed by atoms with Crippen molar-refractivity contribution in [3.8, 4) is 0 Å². The van der Waals surface area contributed by atoms with Crippen LogP contribution in [0.2, 0.25) is 5.02 Å². The third-order valence-corrected chi connectivity index (χ3v) is 3.18. The Hall–Kier alpha value is -1.59. The average molecular weight is 328 g/mol. The van der Waals surface area contributed by atoms with Crippen LogP contribution in [0, 0.1) is 0 Å². The minimum absolute atomic E-state index is 0.101. The van der Waals surface area contributed by atoms with Crippen LogP contribution < -0.4 is 5.32 Å². The molecule has 18 heavy (non-hydrogen) atoms. The van der Waals surface area contributed by atoms with Crippen LogP contribution in [0.4, 0.5) is 11.4 Å². The molecule has 0 saturated heterocycles. The number of nitrogens with zero attached hydrogens (tertiary/aromatic N) is 1. The SMILES string of the molecule is O=C(O)c1cnccc1Nc1cc(Cl)ccc1Br. The molecule has 0 bridgehead atoms. The van der Waals surface area contributed by atoms with Crippen LogP contribution in [0.25, 0.3) is 0 Å². The Morgan fingerprint density at radius 1 is 1.33 bits per heavy atom. The number of nitrogens with one attached hydrogen (secondary N) is 1. The van der Waals surface area contributed by atoms with Crippen molar-refractivity contribution in [1.29, 1.82) is 0 Å². The maximum absolute atomic E-state index is 11.0. The van der Waals surface area contributed by atoms with E-state index < -0.39 is 5.97 Å². The smallest absolute Gasteiger partial charge is 0.339 e. The molecule has 92 valence electrons. The van der Waals surface area contributed by atoms with E-state index in [9.17, 15) is 4.79 Å². The van der Waals surface area contributed by atoms with Crippen molar-refractivity contribution in [1.82, 2.24) is 4.98 Å². The number of aromatic carboxylic acids is 1. The topological polar surface area (TPSA) is 62.2 Å². The summed E-state index contributed by atoms with van der Waals surface area (Å²) in [6.45, 7) is 0. The minimum Gasteiger partial charge on any atom is -0.478 e. The number of hydrogen-bond acceptors (Lipinski definition) is 3. The molecule has 0 unspecified atom stereocenters. The second-order valence-electron chi connectivity index (χ2n) is 3.48. The zero-order chi connectivity index (χ0) is 13.1. The first-order valence-corrected chi connectivity index (χ1v) is 6.14. The Balaban J connectivity index is 2.40. The summed E-state index contributed by atoms with van der Waals surface area (Å²) in [5, 5.41) is 12.6. The van der Waals surface area contributed by atoms with E-state index in [0.717, 1.165) is 4.47 Å². The first kappa shape index (κ1) is 12.9. The molecular formula is C12H8BrClN2O2. The highest BCUT2D eigenvalue weighted by molar-refractivity contribution is 9.10. The zero-order valence-electron chi connectivity index (χ0n) is 9.02. The van der Waals surface area contributed by atoms with E-state index in [1.807, 2.05) is 0 Å². The third-order valence-electron chi connectivity index (χ3n) is 2.25. The Kier molecular flexibility index (Phi) is 3.84. The number of pyridine rings is 1. The number of carboxylic acids is 1. The molecule has 1 aromatic heterocycles. The molecule has 0 saturated carbocycles. The van der Waals surface area contributed by atoms with Crippen molar-refractivity contribution in [2.24, 2.45) is 0 Å². The number of benzene rings is 1. The van der Waals surface area contributed by atoms with Gasteiger partial charge in [0.15, 0.2) is 0 Å². The standard InChI is InChI=1S/C12H8BrClN2O2/c13-9-2-1-7(14)5-11(9)16-10-3-4-15-6-8(10)12(17)18/h1-6H,(H,15,16)(H,17,18). The summed E-state index contributed by atoms with van der Waals surface area (Å²) < 4.78 is 0.792. The summed E-state index contributed by atoms with van der Waals surface area (Å²) in [4.78, 5) is 14.8. The van der Waals surface area contributed by atoms with E-state index in [1.165, 1.54) is 12.4 Å². The number of hydrogen-bond donors (Lipinski definition) is 2. The Morgan fingerprint density at radius 3 is 2.83 bits per heavy atom. The third kappa shape index (κ3) is 2.80. The van der Waals surface area contributed by atoms with Gasteiger partial charge in [-0.1, -0.05) is 11.6 Å². The molecule has 1 aromatic carbocycles. The van der Waals surface area contributed by atoms with Gasteiger partial charge < -0.3 is 10.4 Å². The quantitative estimate of drug-likeness (QED) is 0.896. The van der Waals surface area contributed by atoms with Gasteiger partial charge in [0.05, 0.1) is 11.4 Å². The van der Waals surface area contributed by atoms with Gasteiger partial charge >= 0.3 is 5.97 Å². The van der Waals surface area contributed by atoms with Crippen LogP contribution in [0.3, 0.4) is 0 Å². The monoisotopic (exact) mass is 326 g/mol. The van der Waals surface area contributed by atoms with Crippen molar-refractivity contribution < 1.29 is 9.90 Å². The van der Waals surface area contributed by atoms with E-state index in [4.69, 9.17) is 16.7 Å². The molecule has 2 rings (SSSR count). The number of carbonyl (C=O) groups is 1. The number of rotatable bonds is 3. The Bertz CT molecular complexity index is 604. The molecule has 0 amide bonds. The maximum atomic E-state index is 11.0. The van der Waals surface area contributed by atoms with Crippen molar-refractivity contribution >= 4 is 44.9 Å². The number of aromatic nitrogens is 1. The maximum Gasteiger partial charge on any atom is 0.339 e. The van der Waals surface area contributed by atoms with Crippen molar-refractivity contribution in [3.63, 3.8) is 0 Å². The molecule has 6 heteroatoms. The van der Waals surface area contributed by atoms with Gasteiger partial charge in [-0.05, 0) is 40.2 Å². The van der Waals surface area contributed by atoms with Gasteiger partial charge in [0, 0.05) is 21.9 Å². The van der Waals surface area contributed by atoms with E-state index >= 15 is 0 Å². The van der Waals surface area contributed by atoms with Crippen LogP contribution in [-0.2, 0) is 0 Å². The second kappa shape index (κ2) is 5.37. The second-order valence-corrected chi connectivity index (χ2v) is 4.77. The predicted octanol–water partition coefficient (Wildman–Crippen LogP) is 3.94. The molecule has 0 radical (unpaired) electrons. The molecule has 0 spiro atoms. The van der Waals surface area contributed by atoms with E-state index in [1.54, 1.807) is 24.3 Å². The molecule has 0 fully saturated rings. The Morgan fingerprint density at radius 2 is 2.11 bits per heavy atom. The molecule has 0 aliphatic heterocycles. The molecule has 1 heterocycles. The highest BCUT2D eigenvalue weighted by atomic mass is 79.9. The molecule has 0 aliphatic carbocycles. The van der Waals surface area contributed by atoms with Crippen molar-refractivity contribution in [3.05, 3.63) is 51.7 Å². The number of anilines is 2. The molecule has 2 N–H and O–H groups in total. The summed E-state index contributed by atoms with van der Waals surface area (Å²) in [7, 11) is 0. The van der Waals surface area contributed by atoms with Crippen LogP contribution in [-0.4, -0.2) is 16.1 Å². The lowest BCUT2D eigenvalue weighted by Crippen LogP contribution is -2.03. The van der Waals surface area contributed by atoms with Crippen molar-refractivity contribution in [2.75, 3.05) is 5.32 Å². The van der Waals surface area contributed by atoms with Crippen LogP contribution in [0.1, 0.15) is 10.4 Å². The van der Waals surface area contributed by atoms with Gasteiger partial charge in [0.1, 0.15) is 5.56 Å². The van der Waals surface area contributed by atoms with Gasteiger partial charge in [0.25, 0.3) is 0 Å². The largest absolute Gasteiger partial charge is 0.478 e. The van der Waals surface area contributed by atoms with Gasteiger partial charge in [-0.3, -0.25) is 4.98 Å². The Labute approximate surface area is 117 Å². The number of carboxylic acid groups (broad SMARTS) is 1. The molecule has 0 atom stereocenters. The lowest BCUT2D eigenvalue weighted by molar-refractivity contribution is 0.0697. The summed E-state index contributed by atoms with van der Waals surface area (Å²) in [5.74, 6) is -1.04. The lowest BCUT2D eigenvalue weighted by Gasteiger charge is -2.11. The summed E-state index contributed by atoms with van der Waals surface area (Å²) in [5.41, 5.74) is 1.25. The fourth-order valence-electron chi connectivity index (χ4n) is 1.41. The first-order chi connectivity index (χ1) is 8.58. The van der Waals surface area contributed by atoms with Crippen molar-refractivity contribution in [2.45, 2.75) is 0 Å². The van der Waals surface area contributed by atoms with Crippen LogP contribution >= 0.6 is 27.5 Å². The van der Waals surface area contributed by atoms with Gasteiger partial charge in [-0.2, -0.15) is 0 Å². The summed E-state index contributed by atoms with van der Waals surface area (Å²) in [6.07, 6.45) is 2.82. The summed E-state index contributed by atoms with van der Waals surface area (Å²) >= 11 is 9.26. The van der Waals surface area contributed by atoms with Crippen LogP contribution in [0.15, 0.2) is 41.1 Å². The number of halogens is 2. The highest BCUT2D eigenvalue weighted by Crippen LogP contribution is 2.29. The fraction of sp³-hybridized carbons (Fsp3) is 0.